The predicted octanol–water partition coefficient (Wildman–Crippen LogP) is 3.10. The molecule has 2 nitrogen and oxygen atoms in total. The Hall–Kier alpha value is -1.22. The third kappa shape index (κ3) is 1.55. The van der Waals surface area contributed by atoms with Crippen LogP contribution in [0, 0.1) is 6.92 Å². The molecular weight excluding hydrogens is 216 g/mol. The van der Waals surface area contributed by atoms with Crippen molar-refractivity contribution in [3.05, 3.63) is 40.8 Å². The highest BCUT2D eigenvalue weighted by molar-refractivity contribution is 8.16. The molecule has 0 N–H and O–H groups in total. The fourth-order valence-electron chi connectivity index (χ4n) is 2.06. The van der Waals surface area contributed by atoms with E-state index in [1.54, 1.807) is 11.8 Å². The summed E-state index contributed by atoms with van der Waals surface area (Å²) in [4.78, 5) is 6.92. The van der Waals surface area contributed by atoms with Gasteiger partial charge in [-0.1, -0.05) is 41.6 Å². The number of hydrogen-bond donors (Lipinski definition) is 0. The van der Waals surface area contributed by atoms with Gasteiger partial charge in [-0.2, -0.15) is 0 Å². The van der Waals surface area contributed by atoms with Crippen LogP contribution in [0.5, 0.6) is 0 Å². The van der Waals surface area contributed by atoms with E-state index in [-0.39, 0.29) is 0 Å². The molecule has 0 spiro atoms. The lowest BCUT2D eigenvalue weighted by molar-refractivity contribution is 0.585. The lowest BCUT2D eigenvalue weighted by atomic mass is 10.1. The van der Waals surface area contributed by atoms with Crippen molar-refractivity contribution < 1.29 is 0 Å². The highest BCUT2D eigenvalue weighted by Crippen LogP contribution is 2.36. The van der Waals surface area contributed by atoms with E-state index in [4.69, 9.17) is 0 Å². The second-order valence-electron chi connectivity index (χ2n) is 4.36. The largest absolute Gasteiger partial charge is 0.318 e. The molecule has 2 aliphatic rings. The van der Waals surface area contributed by atoms with Crippen LogP contribution in [0.1, 0.15) is 18.1 Å². The molecule has 3 heteroatoms. The average molecular weight is 230 g/mol. The van der Waals surface area contributed by atoms with Crippen molar-refractivity contribution in [1.82, 2.24) is 4.90 Å². The molecule has 0 bridgehead atoms. The summed E-state index contributed by atoms with van der Waals surface area (Å²) in [6.07, 6.45) is 0. The summed E-state index contributed by atoms with van der Waals surface area (Å²) >= 11 is 1.74. The Morgan fingerprint density at radius 2 is 2.06 bits per heavy atom. The van der Waals surface area contributed by atoms with Gasteiger partial charge < -0.3 is 4.90 Å². The zero-order valence-corrected chi connectivity index (χ0v) is 10.3. The molecular formula is C13H14N2S. The van der Waals surface area contributed by atoms with Gasteiger partial charge in [-0.05, 0) is 19.4 Å². The molecule has 0 aromatic heterocycles. The number of aryl methyl sites for hydroxylation is 1. The molecule has 82 valence electrons. The van der Waals surface area contributed by atoms with Crippen molar-refractivity contribution in [2.45, 2.75) is 19.9 Å². The van der Waals surface area contributed by atoms with Gasteiger partial charge in [-0.25, -0.2) is 0 Å². The minimum absolute atomic E-state index is 0.427. The molecule has 0 amide bonds. The maximum absolute atomic E-state index is 4.60. The summed E-state index contributed by atoms with van der Waals surface area (Å²) in [6, 6.07) is 9.13. The number of benzene rings is 1. The molecule has 3 rings (SSSR count). The number of hydrogen-bond acceptors (Lipinski definition) is 3. The molecule has 0 radical (unpaired) electrons. The lowest BCUT2D eigenvalue weighted by Gasteiger charge is -2.17. The van der Waals surface area contributed by atoms with Crippen molar-refractivity contribution in [3.8, 4) is 0 Å². The number of thioether (sulfide) groups is 1. The van der Waals surface area contributed by atoms with Gasteiger partial charge in [-0.3, -0.25) is 4.99 Å². The van der Waals surface area contributed by atoms with Gasteiger partial charge in [0.05, 0.1) is 11.7 Å². The predicted molar refractivity (Wildman–Crippen MR) is 70.4 cm³/mol. The van der Waals surface area contributed by atoms with Gasteiger partial charge in [0.15, 0.2) is 5.17 Å². The summed E-state index contributed by atoms with van der Waals surface area (Å²) in [5.74, 6) is 0. The Bertz CT molecular complexity index is 473. The first kappa shape index (κ1) is 9.97. The van der Waals surface area contributed by atoms with Crippen LogP contribution in [0.3, 0.4) is 0 Å². The van der Waals surface area contributed by atoms with Gasteiger partial charge >= 0.3 is 0 Å². The van der Waals surface area contributed by atoms with E-state index in [9.17, 15) is 0 Å². The SMILES string of the molecule is Cc1ccc(C2=CSC3=N[C@H](C)CN23)cc1. The summed E-state index contributed by atoms with van der Waals surface area (Å²) in [5.41, 5.74) is 3.89. The molecule has 0 aliphatic carbocycles. The van der Waals surface area contributed by atoms with Crippen molar-refractivity contribution in [3.63, 3.8) is 0 Å². The minimum Gasteiger partial charge on any atom is -0.318 e. The number of aliphatic imine (C=N–C) groups is 1. The molecule has 16 heavy (non-hydrogen) atoms. The highest BCUT2D eigenvalue weighted by atomic mass is 32.2. The van der Waals surface area contributed by atoms with E-state index in [0.29, 0.717) is 6.04 Å². The zero-order chi connectivity index (χ0) is 11.1. The fraction of sp³-hybridized carbons (Fsp3) is 0.308. The number of rotatable bonds is 1. The van der Waals surface area contributed by atoms with Crippen LogP contribution >= 0.6 is 11.8 Å². The molecule has 0 unspecified atom stereocenters. The van der Waals surface area contributed by atoms with Crippen molar-refractivity contribution >= 4 is 22.6 Å². The van der Waals surface area contributed by atoms with E-state index in [2.05, 4.69) is 53.4 Å². The monoisotopic (exact) mass is 230 g/mol. The fourth-order valence-corrected chi connectivity index (χ4v) is 3.08. The Balaban J connectivity index is 1.92. The van der Waals surface area contributed by atoms with Crippen LogP contribution in [0.4, 0.5) is 0 Å². The van der Waals surface area contributed by atoms with Crippen molar-refractivity contribution in [1.29, 1.82) is 0 Å². The Labute approximate surface area is 100 Å². The summed E-state index contributed by atoms with van der Waals surface area (Å²) in [5, 5.41) is 3.36. The second kappa shape index (κ2) is 3.67. The van der Waals surface area contributed by atoms with Gasteiger partial charge in [0.2, 0.25) is 0 Å². The maximum atomic E-state index is 4.60. The van der Waals surface area contributed by atoms with Crippen LogP contribution in [-0.2, 0) is 0 Å². The molecule has 1 aromatic carbocycles. The summed E-state index contributed by atoms with van der Waals surface area (Å²) in [6.45, 7) is 5.30. The van der Waals surface area contributed by atoms with E-state index in [0.717, 1.165) is 11.7 Å². The van der Waals surface area contributed by atoms with E-state index >= 15 is 0 Å². The standard InChI is InChI=1S/C13H14N2S/c1-9-3-5-11(6-4-9)12-8-16-13-14-10(2)7-15(12)13/h3-6,8,10H,7H2,1-2H3/t10-/m1/s1. The normalized spacial score (nSPS) is 23.1. The van der Waals surface area contributed by atoms with Crippen molar-refractivity contribution in [2.75, 3.05) is 6.54 Å². The van der Waals surface area contributed by atoms with E-state index < -0.39 is 0 Å². The van der Waals surface area contributed by atoms with E-state index in [1.807, 2.05) is 0 Å². The van der Waals surface area contributed by atoms with Crippen LogP contribution in [0.25, 0.3) is 5.70 Å². The van der Waals surface area contributed by atoms with Crippen LogP contribution in [0.15, 0.2) is 34.7 Å². The smallest absolute Gasteiger partial charge is 0.168 e. The van der Waals surface area contributed by atoms with Gasteiger partial charge in [0, 0.05) is 12.0 Å². The first-order valence-corrected chi connectivity index (χ1v) is 6.41. The average Bonchev–Trinajstić information content (AvgIpc) is 2.78. The number of nitrogens with zero attached hydrogens (tertiary/aromatic N) is 2. The lowest BCUT2D eigenvalue weighted by Crippen LogP contribution is -2.22. The van der Waals surface area contributed by atoms with Crippen LogP contribution < -0.4 is 0 Å². The topological polar surface area (TPSA) is 15.6 Å². The first-order chi connectivity index (χ1) is 7.74. The summed E-state index contributed by atoms with van der Waals surface area (Å²) < 4.78 is 0. The molecule has 0 fully saturated rings. The second-order valence-corrected chi connectivity index (χ2v) is 5.19. The Morgan fingerprint density at radius 3 is 2.81 bits per heavy atom. The third-order valence-corrected chi connectivity index (χ3v) is 3.80. The van der Waals surface area contributed by atoms with Crippen molar-refractivity contribution in [2.24, 2.45) is 4.99 Å². The summed E-state index contributed by atoms with van der Waals surface area (Å²) in [7, 11) is 0. The quantitative estimate of drug-likeness (QED) is 0.736. The van der Waals surface area contributed by atoms with Gasteiger partial charge in [-0.15, -0.1) is 0 Å². The van der Waals surface area contributed by atoms with E-state index in [1.165, 1.54) is 16.8 Å². The van der Waals surface area contributed by atoms with Crippen LogP contribution in [-0.4, -0.2) is 22.7 Å². The van der Waals surface area contributed by atoms with Gasteiger partial charge in [0.25, 0.3) is 0 Å². The number of amidine groups is 1. The molecule has 2 aliphatic heterocycles. The molecule has 1 aromatic rings. The van der Waals surface area contributed by atoms with Gasteiger partial charge in [0.1, 0.15) is 0 Å². The first-order valence-electron chi connectivity index (χ1n) is 5.53. The minimum atomic E-state index is 0.427. The molecule has 1 atom stereocenters. The number of fused-ring (bicyclic) bond motifs is 1. The molecule has 0 saturated heterocycles. The Kier molecular flexibility index (Phi) is 2.28. The highest BCUT2D eigenvalue weighted by Gasteiger charge is 2.30. The zero-order valence-electron chi connectivity index (χ0n) is 9.47. The third-order valence-electron chi connectivity index (χ3n) is 2.92. The molecule has 2 heterocycles. The van der Waals surface area contributed by atoms with Crippen LogP contribution in [0.2, 0.25) is 0 Å². The molecule has 0 saturated carbocycles. The Morgan fingerprint density at radius 1 is 1.31 bits per heavy atom. The maximum Gasteiger partial charge on any atom is 0.168 e.